The number of hydrogen-bond donors (Lipinski definition) is 1. The lowest BCUT2D eigenvalue weighted by Gasteiger charge is -2.25. The van der Waals surface area contributed by atoms with Gasteiger partial charge in [0.05, 0.1) is 9.79 Å². The van der Waals surface area contributed by atoms with Crippen molar-refractivity contribution in [3.63, 3.8) is 0 Å². The summed E-state index contributed by atoms with van der Waals surface area (Å²) in [7, 11) is 0.371. The first-order valence-electron chi connectivity index (χ1n) is 7.67. The summed E-state index contributed by atoms with van der Waals surface area (Å²) in [5.74, 6) is 0.488. The van der Waals surface area contributed by atoms with E-state index in [-0.39, 0.29) is 0 Å². The molecule has 2 aromatic rings. The van der Waals surface area contributed by atoms with Crippen LogP contribution in [0.4, 0.5) is 0 Å². The van der Waals surface area contributed by atoms with Gasteiger partial charge in [-0.15, -0.1) is 0 Å². The maximum atomic E-state index is 12.7. The van der Waals surface area contributed by atoms with Gasteiger partial charge < -0.3 is 9.88 Å². The van der Waals surface area contributed by atoms with Gasteiger partial charge in [-0.05, 0) is 61.6 Å². The molecule has 0 amide bonds. The summed E-state index contributed by atoms with van der Waals surface area (Å²) < 4.78 is 27.2. The molecule has 22 heavy (non-hydrogen) atoms. The highest BCUT2D eigenvalue weighted by molar-refractivity contribution is 7.91. The Hall–Kier alpha value is -1.59. The van der Waals surface area contributed by atoms with E-state index < -0.39 is 9.84 Å². The minimum Gasteiger partial charge on any atom is -0.356 e. The van der Waals surface area contributed by atoms with Gasteiger partial charge in [-0.3, -0.25) is 0 Å². The summed E-state index contributed by atoms with van der Waals surface area (Å²) in [5, 5.41) is 3.23. The summed E-state index contributed by atoms with van der Waals surface area (Å²) in [6, 6.07) is 7.29. The zero-order chi connectivity index (χ0) is 15.7. The summed E-state index contributed by atoms with van der Waals surface area (Å²) in [4.78, 5) is 0.764. The third kappa shape index (κ3) is 2.71. The summed E-state index contributed by atoms with van der Waals surface area (Å²) >= 11 is 0. The number of aryl methyl sites for hydroxylation is 2. The van der Waals surface area contributed by atoms with E-state index in [0.29, 0.717) is 15.7 Å². The second-order valence-electron chi connectivity index (χ2n) is 6.02. The molecule has 4 nitrogen and oxygen atoms in total. The second kappa shape index (κ2) is 5.89. The van der Waals surface area contributed by atoms with E-state index in [1.54, 1.807) is 29.1 Å². The van der Waals surface area contributed by atoms with Crippen molar-refractivity contribution in [2.24, 2.45) is 7.05 Å². The van der Waals surface area contributed by atoms with Crippen molar-refractivity contribution in [1.82, 2.24) is 9.88 Å². The average molecular weight is 318 g/mol. The average Bonchev–Trinajstić information content (AvgIpc) is 2.95. The zero-order valence-electron chi connectivity index (χ0n) is 13.0. The minimum absolute atomic E-state index is 0.359. The van der Waals surface area contributed by atoms with Gasteiger partial charge in [0.15, 0.2) is 0 Å². The van der Waals surface area contributed by atoms with E-state index in [1.165, 1.54) is 17.5 Å². The number of likely N-dealkylation sites (N-methyl/N-ethyl adjacent to an activating group) is 1. The summed E-state index contributed by atoms with van der Waals surface area (Å²) in [5.41, 5.74) is 2.48. The predicted octanol–water partition coefficient (Wildman–Crippen LogP) is 2.50. The lowest BCUT2D eigenvalue weighted by Crippen LogP contribution is -2.21. The van der Waals surface area contributed by atoms with Crippen LogP contribution in [0.2, 0.25) is 0 Å². The Morgan fingerprint density at radius 3 is 2.77 bits per heavy atom. The Kier molecular flexibility index (Phi) is 4.10. The molecular formula is C17H22N2O2S. The van der Waals surface area contributed by atoms with Gasteiger partial charge in [0.2, 0.25) is 9.84 Å². The molecule has 5 heteroatoms. The molecule has 1 aliphatic carbocycles. The Labute approximate surface area is 132 Å². The van der Waals surface area contributed by atoms with Gasteiger partial charge in [0, 0.05) is 26.0 Å². The van der Waals surface area contributed by atoms with Crippen molar-refractivity contribution in [2.75, 3.05) is 13.6 Å². The van der Waals surface area contributed by atoms with Crippen molar-refractivity contribution in [1.29, 1.82) is 0 Å². The smallest absolute Gasteiger partial charge is 0.208 e. The first kappa shape index (κ1) is 15.3. The molecule has 1 aromatic carbocycles. The Balaban J connectivity index is 2.00. The maximum absolute atomic E-state index is 12.7. The highest BCUT2D eigenvalue weighted by Gasteiger charge is 2.24. The fourth-order valence-electron chi connectivity index (χ4n) is 3.29. The van der Waals surface area contributed by atoms with Crippen LogP contribution in [-0.4, -0.2) is 26.6 Å². The number of nitrogens with one attached hydrogen (secondary N) is 1. The number of hydrogen-bond acceptors (Lipinski definition) is 3. The van der Waals surface area contributed by atoms with Crippen LogP contribution in [0.1, 0.15) is 29.9 Å². The first-order valence-corrected chi connectivity index (χ1v) is 9.15. The van der Waals surface area contributed by atoms with Crippen molar-refractivity contribution < 1.29 is 8.42 Å². The fourth-order valence-corrected chi connectivity index (χ4v) is 4.65. The Morgan fingerprint density at radius 1 is 1.27 bits per heavy atom. The molecule has 0 spiro atoms. The third-order valence-corrected chi connectivity index (χ3v) is 6.17. The quantitative estimate of drug-likeness (QED) is 0.942. The van der Waals surface area contributed by atoms with Crippen molar-refractivity contribution in [3.8, 4) is 0 Å². The number of fused-ring (bicyclic) bond motifs is 1. The van der Waals surface area contributed by atoms with Crippen LogP contribution in [0.15, 0.2) is 46.5 Å². The molecule has 1 unspecified atom stereocenters. The van der Waals surface area contributed by atoms with Gasteiger partial charge in [0.25, 0.3) is 0 Å². The van der Waals surface area contributed by atoms with Crippen molar-refractivity contribution in [3.05, 3.63) is 47.8 Å². The summed E-state index contributed by atoms with van der Waals surface area (Å²) in [6.07, 6.45) is 6.66. The maximum Gasteiger partial charge on any atom is 0.208 e. The third-order valence-electron chi connectivity index (χ3n) is 4.43. The molecule has 3 rings (SSSR count). The molecular weight excluding hydrogens is 296 g/mol. The predicted molar refractivity (Wildman–Crippen MR) is 86.9 cm³/mol. The zero-order valence-corrected chi connectivity index (χ0v) is 13.9. The summed E-state index contributed by atoms with van der Waals surface area (Å²) in [6.45, 7) is 0.942. The van der Waals surface area contributed by atoms with Crippen LogP contribution in [0.3, 0.4) is 0 Å². The molecule has 1 N–H and O–H groups in total. The molecule has 1 atom stereocenters. The highest BCUT2D eigenvalue weighted by Crippen LogP contribution is 2.33. The standard InChI is InChI=1S/C17H22N2O2S/c1-18-11-14-5-3-4-13-10-15(6-7-17(13)14)22(20,21)16-8-9-19(2)12-16/h6-10,12,14,18H,3-5,11H2,1-2H3. The molecule has 0 saturated heterocycles. The highest BCUT2D eigenvalue weighted by atomic mass is 32.2. The van der Waals surface area contributed by atoms with E-state index in [0.717, 1.165) is 19.4 Å². The van der Waals surface area contributed by atoms with Gasteiger partial charge in [-0.1, -0.05) is 6.07 Å². The second-order valence-corrected chi connectivity index (χ2v) is 7.97. The Bertz CT molecular complexity index is 778. The number of rotatable bonds is 4. The fraction of sp³-hybridized carbons (Fsp3) is 0.412. The van der Waals surface area contributed by atoms with Crippen LogP contribution >= 0.6 is 0 Å². The molecule has 1 aliphatic rings. The molecule has 1 aromatic heterocycles. The normalized spacial score (nSPS) is 18.2. The molecule has 0 fully saturated rings. The largest absolute Gasteiger partial charge is 0.356 e. The lowest BCUT2D eigenvalue weighted by atomic mass is 9.83. The van der Waals surface area contributed by atoms with Crippen LogP contribution in [0.5, 0.6) is 0 Å². The van der Waals surface area contributed by atoms with E-state index in [4.69, 9.17) is 0 Å². The van der Waals surface area contributed by atoms with Gasteiger partial charge in [-0.2, -0.15) is 0 Å². The number of sulfone groups is 1. The van der Waals surface area contributed by atoms with E-state index >= 15 is 0 Å². The Morgan fingerprint density at radius 2 is 2.09 bits per heavy atom. The topological polar surface area (TPSA) is 51.1 Å². The van der Waals surface area contributed by atoms with Crippen molar-refractivity contribution >= 4 is 9.84 Å². The number of benzene rings is 1. The number of aromatic nitrogens is 1. The van der Waals surface area contributed by atoms with E-state index in [1.807, 2.05) is 26.2 Å². The van der Waals surface area contributed by atoms with Crippen LogP contribution < -0.4 is 5.32 Å². The SMILES string of the molecule is CNCC1CCCc2cc(S(=O)(=O)c3ccn(C)c3)ccc21. The molecule has 0 saturated carbocycles. The van der Waals surface area contributed by atoms with Crippen LogP contribution in [0.25, 0.3) is 0 Å². The van der Waals surface area contributed by atoms with E-state index in [2.05, 4.69) is 5.32 Å². The van der Waals surface area contributed by atoms with Crippen molar-refractivity contribution in [2.45, 2.75) is 35.0 Å². The lowest BCUT2D eigenvalue weighted by molar-refractivity contribution is 0.527. The van der Waals surface area contributed by atoms with Gasteiger partial charge in [-0.25, -0.2) is 8.42 Å². The molecule has 118 valence electrons. The number of nitrogens with zero attached hydrogens (tertiary/aromatic N) is 1. The minimum atomic E-state index is -3.42. The molecule has 0 bridgehead atoms. The van der Waals surface area contributed by atoms with Crippen LogP contribution in [-0.2, 0) is 23.3 Å². The van der Waals surface area contributed by atoms with Gasteiger partial charge in [0.1, 0.15) is 0 Å². The molecule has 0 radical (unpaired) electrons. The van der Waals surface area contributed by atoms with Gasteiger partial charge >= 0.3 is 0 Å². The van der Waals surface area contributed by atoms with Crippen LogP contribution in [0, 0.1) is 0 Å². The first-order chi connectivity index (χ1) is 10.5. The molecule has 0 aliphatic heterocycles. The molecule has 1 heterocycles. The van der Waals surface area contributed by atoms with E-state index in [9.17, 15) is 8.42 Å². The monoisotopic (exact) mass is 318 g/mol.